The van der Waals surface area contributed by atoms with Gasteiger partial charge in [0.25, 0.3) is 0 Å². The summed E-state index contributed by atoms with van der Waals surface area (Å²) in [6.45, 7) is 14.3. The van der Waals surface area contributed by atoms with Gasteiger partial charge in [-0.2, -0.15) is 0 Å². The number of carboxylic acid groups (broad SMARTS) is 1. The summed E-state index contributed by atoms with van der Waals surface area (Å²) in [5.41, 5.74) is -1.24. The van der Waals surface area contributed by atoms with Crippen molar-refractivity contribution >= 4 is 11.9 Å². The Morgan fingerprint density at radius 2 is 1.52 bits per heavy atom. The maximum atomic E-state index is 13.3. The Hall–Kier alpha value is -1.06. The van der Waals surface area contributed by atoms with E-state index in [1.54, 1.807) is 6.92 Å². The first kappa shape index (κ1) is 22.0. The fourth-order valence-electron chi connectivity index (χ4n) is 4.20. The molecule has 1 aliphatic rings. The molecule has 0 aromatic heterocycles. The largest absolute Gasteiger partial charge is 0.481 e. The summed E-state index contributed by atoms with van der Waals surface area (Å²) in [5, 5.41) is 9.81. The van der Waals surface area contributed by atoms with Gasteiger partial charge in [0.2, 0.25) is 0 Å². The number of carbonyl (C=O) groups excluding carboxylic acids is 1. The van der Waals surface area contributed by atoms with E-state index in [9.17, 15) is 14.7 Å². The highest BCUT2D eigenvalue weighted by Gasteiger charge is 2.55. The third-order valence-electron chi connectivity index (χ3n) is 5.32. The van der Waals surface area contributed by atoms with Gasteiger partial charge in [0.05, 0.1) is 17.9 Å². The minimum Gasteiger partial charge on any atom is -0.481 e. The second-order valence-electron chi connectivity index (χ2n) is 10.3. The van der Waals surface area contributed by atoms with E-state index >= 15 is 0 Å². The summed E-state index contributed by atoms with van der Waals surface area (Å²) >= 11 is 0. The van der Waals surface area contributed by atoms with Crippen LogP contribution < -0.4 is 0 Å². The normalized spacial score (nSPS) is 20.6. The molecule has 25 heavy (non-hydrogen) atoms. The molecule has 0 amide bonds. The molecule has 0 aliphatic heterocycles. The van der Waals surface area contributed by atoms with Gasteiger partial charge in [-0.05, 0) is 36.0 Å². The fourth-order valence-corrected chi connectivity index (χ4v) is 4.20. The van der Waals surface area contributed by atoms with Crippen LogP contribution in [0.1, 0.15) is 87.0 Å². The van der Waals surface area contributed by atoms with Crippen molar-refractivity contribution < 1.29 is 19.4 Å². The monoisotopic (exact) mass is 354 g/mol. The minimum absolute atomic E-state index is 0.0824. The molecule has 0 radical (unpaired) electrons. The third kappa shape index (κ3) is 6.00. The molecule has 0 saturated heterocycles. The number of hydrogen-bond acceptors (Lipinski definition) is 3. The molecule has 0 bridgehead atoms. The Bertz CT molecular complexity index is 463. The molecule has 146 valence electrons. The van der Waals surface area contributed by atoms with Gasteiger partial charge in [-0.25, -0.2) is 0 Å². The second kappa shape index (κ2) is 8.09. The Balaban J connectivity index is 3.31. The van der Waals surface area contributed by atoms with Crippen LogP contribution in [-0.4, -0.2) is 23.7 Å². The molecule has 0 spiro atoms. The van der Waals surface area contributed by atoms with Crippen LogP contribution in [0.25, 0.3) is 0 Å². The van der Waals surface area contributed by atoms with Crippen LogP contribution in [0.15, 0.2) is 0 Å². The van der Waals surface area contributed by atoms with Crippen LogP contribution in [-0.2, 0) is 14.3 Å². The van der Waals surface area contributed by atoms with E-state index in [1.807, 2.05) is 20.8 Å². The van der Waals surface area contributed by atoms with Gasteiger partial charge in [-0.3, -0.25) is 9.59 Å². The molecule has 2 unspecified atom stereocenters. The molecule has 4 nitrogen and oxygen atoms in total. The van der Waals surface area contributed by atoms with E-state index in [0.717, 1.165) is 25.7 Å². The SMILES string of the molecule is CC(C(=O)O)C(CC(C)(C)C)(C(=O)OCC(C)(C)C)C1CCCCC1. The smallest absolute Gasteiger partial charge is 0.313 e. The summed E-state index contributed by atoms with van der Waals surface area (Å²) < 4.78 is 5.74. The van der Waals surface area contributed by atoms with Gasteiger partial charge >= 0.3 is 11.9 Å². The van der Waals surface area contributed by atoms with Crippen molar-refractivity contribution in [1.29, 1.82) is 0 Å². The van der Waals surface area contributed by atoms with E-state index in [2.05, 4.69) is 20.8 Å². The van der Waals surface area contributed by atoms with Crippen LogP contribution in [0.2, 0.25) is 0 Å². The standard InChI is InChI=1S/C21H38O4/c1-15(17(22)23)21(13-19(2,3)4,16-11-9-8-10-12-16)18(24)25-14-20(5,6)7/h15-16H,8-14H2,1-7H3,(H,22,23). The number of carbonyl (C=O) groups is 2. The first-order chi connectivity index (χ1) is 11.3. The topological polar surface area (TPSA) is 63.6 Å². The number of carboxylic acids is 1. The lowest BCUT2D eigenvalue weighted by atomic mass is 9.57. The lowest BCUT2D eigenvalue weighted by molar-refractivity contribution is -0.178. The average molecular weight is 355 g/mol. The van der Waals surface area contributed by atoms with Gasteiger partial charge in [0, 0.05) is 0 Å². The summed E-state index contributed by atoms with van der Waals surface area (Å²) in [5.74, 6) is -1.87. The number of esters is 1. The molecule has 1 N–H and O–H groups in total. The van der Waals surface area contributed by atoms with Gasteiger partial charge in [0.15, 0.2) is 0 Å². The van der Waals surface area contributed by atoms with Crippen molar-refractivity contribution in [3.05, 3.63) is 0 Å². The molecule has 1 aliphatic carbocycles. The zero-order valence-electron chi connectivity index (χ0n) is 17.3. The summed E-state index contributed by atoms with van der Waals surface area (Å²) in [4.78, 5) is 25.3. The lowest BCUT2D eigenvalue weighted by Gasteiger charge is -2.46. The third-order valence-corrected chi connectivity index (χ3v) is 5.32. The number of hydrogen-bond donors (Lipinski definition) is 1. The Morgan fingerprint density at radius 1 is 1.00 bits per heavy atom. The number of aliphatic carboxylic acids is 1. The zero-order valence-corrected chi connectivity index (χ0v) is 17.3. The highest BCUT2D eigenvalue weighted by atomic mass is 16.5. The van der Waals surface area contributed by atoms with Gasteiger partial charge in [-0.15, -0.1) is 0 Å². The Morgan fingerprint density at radius 3 is 1.92 bits per heavy atom. The van der Waals surface area contributed by atoms with Gasteiger partial charge in [-0.1, -0.05) is 67.7 Å². The van der Waals surface area contributed by atoms with Crippen molar-refractivity contribution in [2.45, 2.75) is 87.0 Å². The molecular weight excluding hydrogens is 316 g/mol. The van der Waals surface area contributed by atoms with Gasteiger partial charge < -0.3 is 9.84 Å². The predicted molar refractivity (Wildman–Crippen MR) is 100 cm³/mol. The van der Waals surface area contributed by atoms with Crippen LogP contribution in [0.4, 0.5) is 0 Å². The fraction of sp³-hybridized carbons (Fsp3) is 0.905. The molecule has 1 rings (SSSR count). The van der Waals surface area contributed by atoms with Crippen LogP contribution in [0, 0.1) is 28.1 Å². The van der Waals surface area contributed by atoms with E-state index in [-0.39, 0.29) is 22.7 Å². The molecule has 4 heteroatoms. The quantitative estimate of drug-likeness (QED) is 0.657. The van der Waals surface area contributed by atoms with E-state index in [4.69, 9.17) is 4.74 Å². The first-order valence-corrected chi connectivity index (χ1v) is 9.70. The highest BCUT2D eigenvalue weighted by Crippen LogP contribution is 2.51. The molecule has 2 atom stereocenters. The zero-order chi connectivity index (χ0) is 19.5. The molecule has 0 aromatic carbocycles. The van der Waals surface area contributed by atoms with Crippen molar-refractivity contribution in [2.75, 3.05) is 6.61 Å². The Labute approximate surface area is 153 Å². The predicted octanol–water partition coefficient (Wildman–Crippen LogP) is 5.30. The number of ether oxygens (including phenoxy) is 1. The lowest BCUT2D eigenvalue weighted by Crippen LogP contribution is -2.51. The Kier molecular flexibility index (Phi) is 7.12. The van der Waals surface area contributed by atoms with Crippen LogP contribution in [0.5, 0.6) is 0 Å². The molecule has 0 aromatic rings. The van der Waals surface area contributed by atoms with E-state index in [1.165, 1.54) is 6.42 Å². The molecule has 1 fully saturated rings. The van der Waals surface area contributed by atoms with Gasteiger partial charge in [0.1, 0.15) is 0 Å². The first-order valence-electron chi connectivity index (χ1n) is 9.70. The van der Waals surface area contributed by atoms with Crippen LogP contribution >= 0.6 is 0 Å². The van der Waals surface area contributed by atoms with Crippen molar-refractivity contribution in [2.24, 2.45) is 28.1 Å². The molecule has 0 heterocycles. The maximum Gasteiger partial charge on any atom is 0.313 e. The van der Waals surface area contributed by atoms with E-state index < -0.39 is 17.3 Å². The van der Waals surface area contributed by atoms with E-state index in [0.29, 0.717) is 13.0 Å². The van der Waals surface area contributed by atoms with Crippen molar-refractivity contribution in [1.82, 2.24) is 0 Å². The molecule has 1 saturated carbocycles. The average Bonchev–Trinajstić information content (AvgIpc) is 2.48. The summed E-state index contributed by atoms with van der Waals surface area (Å²) in [6.07, 6.45) is 5.67. The van der Waals surface area contributed by atoms with Crippen molar-refractivity contribution in [3.8, 4) is 0 Å². The summed E-state index contributed by atoms with van der Waals surface area (Å²) in [7, 11) is 0. The number of rotatable bonds is 6. The second-order valence-corrected chi connectivity index (χ2v) is 10.3. The van der Waals surface area contributed by atoms with Crippen molar-refractivity contribution in [3.63, 3.8) is 0 Å². The highest BCUT2D eigenvalue weighted by molar-refractivity contribution is 5.85. The minimum atomic E-state index is -0.949. The maximum absolute atomic E-state index is 13.3. The molecular formula is C21H38O4. The van der Waals surface area contributed by atoms with Crippen LogP contribution in [0.3, 0.4) is 0 Å². The summed E-state index contributed by atoms with van der Waals surface area (Å²) in [6, 6.07) is 0.